The molecular formula is C26H20Cl4N2O4. The van der Waals surface area contributed by atoms with Crippen LogP contribution >= 0.6 is 46.4 Å². The van der Waals surface area contributed by atoms with E-state index in [0.717, 1.165) is 16.4 Å². The third kappa shape index (κ3) is 4.14. The summed E-state index contributed by atoms with van der Waals surface area (Å²) in [5, 5.41) is 2.59. The molecule has 1 heterocycles. The van der Waals surface area contributed by atoms with Gasteiger partial charge in [-0.2, -0.15) is 5.01 Å². The quantitative estimate of drug-likeness (QED) is 0.187. The first-order chi connectivity index (χ1) is 17.2. The summed E-state index contributed by atoms with van der Waals surface area (Å²) in [6, 6.07) is 9.18. The van der Waals surface area contributed by atoms with Crippen LogP contribution in [0.2, 0.25) is 15.1 Å². The second kappa shape index (κ2) is 9.82. The molecule has 1 aliphatic heterocycles. The van der Waals surface area contributed by atoms with Gasteiger partial charge in [0.15, 0.2) is 5.78 Å². The summed E-state index contributed by atoms with van der Waals surface area (Å²) < 4.78 is 0. The van der Waals surface area contributed by atoms with Crippen molar-refractivity contribution in [3.8, 4) is 0 Å². The lowest BCUT2D eigenvalue weighted by Gasteiger charge is -2.37. The Morgan fingerprint density at radius 1 is 0.917 bits per heavy atom. The maximum atomic E-state index is 14.0. The normalized spacial score (nSPS) is 24.8. The highest BCUT2D eigenvalue weighted by Crippen LogP contribution is 2.53. The molecule has 0 spiro atoms. The van der Waals surface area contributed by atoms with Crippen LogP contribution in [0.15, 0.2) is 54.6 Å². The number of hydrogen-bond donors (Lipinski definition) is 0. The number of fused-ring (bicyclic) bond motifs is 5. The van der Waals surface area contributed by atoms with Gasteiger partial charge in [-0.15, -0.1) is 11.6 Å². The van der Waals surface area contributed by atoms with Crippen LogP contribution in [0.25, 0.3) is 0 Å². The summed E-state index contributed by atoms with van der Waals surface area (Å²) in [4.78, 5) is 55.0. The Hall–Kier alpha value is -2.38. The summed E-state index contributed by atoms with van der Waals surface area (Å²) in [5.41, 5.74) is 0.263. The van der Waals surface area contributed by atoms with E-state index in [1.807, 2.05) is 12.2 Å². The van der Waals surface area contributed by atoms with Crippen LogP contribution in [0.4, 0.5) is 0 Å². The van der Waals surface area contributed by atoms with Crippen molar-refractivity contribution in [2.75, 3.05) is 5.88 Å². The van der Waals surface area contributed by atoms with Crippen LogP contribution < -0.4 is 0 Å². The van der Waals surface area contributed by atoms with Crippen LogP contribution in [0.3, 0.4) is 0 Å². The predicted molar refractivity (Wildman–Crippen MR) is 137 cm³/mol. The fourth-order valence-corrected chi connectivity index (χ4v) is 6.35. The highest BCUT2D eigenvalue weighted by Gasteiger charge is 2.62. The third-order valence-corrected chi connectivity index (χ3v) is 8.16. The summed E-state index contributed by atoms with van der Waals surface area (Å²) >= 11 is 24.4. The van der Waals surface area contributed by atoms with Gasteiger partial charge in [-0.1, -0.05) is 47.0 Å². The Morgan fingerprint density at radius 2 is 1.50 bits per heavy atom. The number of rotatable bonds is 7. The van der Waals surface area contributed by atoms with Gasteiger partial charge in [0.05, 0.1) is 22.4 Å². The van der Waals surface area contributed by atoms with E-state index in [9.17, 15) is 19.2 Å². The van der Waals surface area contributed by atoms with Crippen LogP contribution in [-0.2, 0) is 9.59 Å². The first-order valence-electron chi connectivity index (χ1n) is 11.4. The van der Waals surface area contributed by atoms with E-state index < -0.39 is 41.4 Å². The number of carbonyl (C=O) groups excluding carboxylic acids is 4. The second-order valence-corrected chi connectivity index (χ2v) is 10.8. The van der Waals surface area contributed by atoms with E-state index in [1.165, 1.54) is 30.3 Å². The fraction of sp³-hybridized carbons (Fsp3) is 0.308. The molecule has 3 aliphatic rings. The zero-order chi connectivity index (χ0) is 25.7. The maximum Gasteiger partial charge on any atom is 0.275 e. The van der Waals surface area contributed by atoms with Gasteiger partial charge in [-0.05, 0) is 67.1 Å². The number of Topliss-reactive ketones (excluding diaryl/α,β-unsaturated/α-hetero) is 1. The molecule has 0 aromatic heterocycles. The van der Waals surface area contributed by atoms with Crippen molar-refractivity contribution in [3.63, 3.8) is 0 Å². The predicted octanol–water partition coefficient (Wildman–Crippen LogP) is 5.69. The number of hydrazine groups is 1. The minimum Gasteiger partial charge on any atom is -0.292 e. The monoisotopic (exact) mass is 564 g/mol. The molecule has 1 saturated heterocycles. The number of alkyl halides is 1. The zero-order valence-electron chi connectivity index (χ0n) is 18.7. The number of halogens is 4. The van der Waals surface area contributed by atoms with Crippen molar-refractivity contribution < 1.29 is 19.2 Å². The molecule has 5 rings (SSSR count). The van der Waals surface area contributed by atoms with E-state index in [4.69, 9.17) is 46.4 Å². The van der Waals surface area contributed by atoms with Crippen LogP contribution in [0.1, 0.15) is 33.6 Å². The number of allylic oxidation sites excluding steroid dienone is 2. The van der Waals surface area contributed by atoms with E-state index in [2.05, 4.69) is 0 Å². The number of amides is 3. The van der Waals surface area contributed by atoms with Crippen LogP contribution in [0, 0.1) is 23.7 Å². The number of nitrogens with zero attached hydrogens (tertiary/aromatic N) is 2. The third-order valence-electron chi connectivity index (χ3n) is 7.14. The lowest BCUT2D eigenvalue weighted by molar-refractivity contribution is -0.157. The number of ketones is 1. The Bertz CT molecular complexity index is 1270. The smallest absolute Gasteiger partial charge is 0.275 e. The zero-order valence-corrected chi connectivity index (χ0v) is 21.8. The molecule has 1 saturated carbocycles. The molecule has 2 aromatic carbocycles. The molecule has 2 aromatic rings. The number of hydrogen-bond acceptors (Lipinski definition) is 4. The van der Waals surface area contributed by atoms with E-state index in [-0.39, 0.29) is 40.3 Å². The minimum absolute atomic E-state index is 0.00197. The maximum absolute atomic E-state index is 14.0. The Morgan fingerprint density at radius 3 is 2.06 bits per heavy atom. The molecule has 36 heavy (non-hydrogen) atoms. The topological polar surface area (TPSA) is 74.8 Å². The highest BCUT2D eigenvalue weighted by atomic mass is 35.5. The highest BCUT2D eigenvalue weighted by molar-refractivity contribution is 6.37. The van der Waals surface area contributed by atoms with Gasteiger partial charge in [0.1, 0.15) is 6.04 Å². The van der Waals surface area contributed by atoms with E-state index in [1.54, 1.807) is 12.1 Å². The Balaban J connectivity index is 1.61. The van der Waals surface area contributed by atoms with Gasteiger partial charge >= 0.3 is 0 Å². The average molecular weight is 566 g/mol. The first-order valence-corrected chi connectivity index (χ1v) is 13.1. The molecule has 5 atom stereocenters. The number of benzene rings is 2. The van der Waals surface area contributed by atoms with E-state index in [0.29, 0.717) is 10.0 Å². The van der Waals surface area contributed by atoms with Crippen molar-refractivity contribution in [1.29, 1.82) is 0 Å². The van der Waals surface area contributed by atoms with Gasteiger partial charge < -0.3 is 0 Å². The molecule has 2 fully saturated rings. The number of imide groups is 1. The molecule has 2 aliphatic carbocycles. The molecular weight excluding hydrogens is 546 g/mol. The number of carbonyl (C=O) groups is 4. The second-order valence-electron chi connectivity index (χ2n) is 9.13. The Labute approximate surface area is 227 Å². The van der Waals surface area contributed by atoms with Crippen molar-refractivity contribution in [3.05, 3.63) is 80.8 Å². The van der Waals surface area contributed by atoms with Gasteiger partial charge in [0, 0.05) is 21.5 Å². The summed E-state index contributed by atoms with van der Waals surface area (Å²) in [5.74, 6) is -3.52. The molecule has 3 amide bonds. The van der Waals surface area contributed by atoms with Crippen molar-refractivity contribution in [2.45, 2.75) is 18.9 Å². The van der Waals surface area contributed by atoms with Crippen molar-refractivity contribution in [1.82, 2.24) is 10.0 Å². The molecule has 0 unspecified atom stereocenters. The summed E-state index contributed by atoms with van der Waals surface area (Å²) in [6.07, 6.45) is 4.64. The molecule has 186 valence electrons. The molecule has 10 heteroatoms. The van der Waals surface area contributed by atoms with Gasteiger partial charge in [0.25, 0.3) is 17.7 Å². The largest absolute Gasteiger partial charge is 0.292 e. The summed E-state index contributed by atoms with van der Waals surface area (Å²) in [6.45, 7) is 0. The van der Waals surface area contributed by atoms with Crippen LogP contribution in [0.5, 0.6) is 0 Å². The lowest BCUT2D eigenvalue weighted by atomic mass is 9.85. The SMILES string of the molecule is O=C(c1ccc(Cl)cc1)[C@H](CCCl)N(C(=O)c1ccc(Cl)cc1Cl)N1C(=O)[C@H]2[C@H](C1=O)[C@H]1C=C[C@H]2C1. The van der Waals surface area contributed by atoms with Crippen molar-refractivity contribution >= 4 is 69.9 Å². The fourth-order valence-electron chi connectivity index (χ4n) is 5.53. The van der Waals surface area contributed by atoms with Crippen molar-refractivity contribution in [2.24, 2.45) is 23.7 Å². The first kappa shape index (κ1) is 25.3. The average Bonchev–Trinajstić information content (AvgIpc) is 3.53. The lowest BCUT2D eigenvalue weighted by Crippen LogP contribution is -2.58. The minimum atomic E-state index is -1.24. The molecule has 2 bridgehead atoms. The van der Waals surface area contributed by atoms with Gasteiger partial charge in [-0.25, -0.2) is 5.01 Å². The standard InChI is InChI=1S/C26H20Cl4N2O4/c27-10-9-20(23(33)13-3-5-16(28)6-4-13)31(24(34)18-8-7-17(29)12-19(18)30)32-25(35)21-14-1-2-15(11-14)22(21)26(32)36/h1-8,12,14-15,20-22H,9-11H2/t14-,15-,20-,21+,22+/m0/s1. The molecule has 0 radical (unpaired) electrons. The summed E-state index contributed by atoms with van der Waals surface area (Å²) in [7, 11) is 0. The van der Waals surface area contributed by atoms with Gasteiger partial charge in [-0.3, -0.25) is 19.2 Å². The van der Waals surface area contributed by atoms with Gasteiger partial charge in [0.2, 0.25) is 0 Å². The molecule has 6 nitrogen and oxygen atoms in total. The Kier molecular flexibility index (Phi) is 6.90. The van der Waals surface area contributed by atoms with E-state index >= 15 is 0 Å². The molecule has 0 N–H and O–H groups in total. The van der Waals surface area contributed by atoms with Crippen LogP contribution in [-0.4, -0.2) is 45.4 Å².